The van der Waals surface area contributed by atoms with Gasteiger partial charge in [0.15, 0.2) is 11.0 Å². The topological polar surface area (TPSA) is 119 Å². The number of hydrogen-bond acceptors (Lipinski definition) is 4. The first-order valence-corrected chi connectivity index (χ1v) is 19.0. The number of allylic oxidation sites excluding steroid dienone is 2. The smallest absolute Gasteiger partial charge is 0.376 e. The van der Waals surface area contributed by atoms with E-state index in [1.807, 2.05) is 66.8 Å². The number of benzene rings is 4. The lowest BCUT2D eigenvalue weighted by molar-refractivity contribution is -0.163. The predicted molar refractivity (Wildman–Crippen MR) is 210 cm³/mol. The van der Waals surface area contributed by atoms with Crippen LogP contribution in [0.4, 0.5) is 30.6 Å². The Labute approximate surface area is 317 Å². The number of nitrogens with one attached hydrogen (secondary N) is 2. The number of para-hydroxylation sites is 1. The molecule has 0 saturated heterocycles. The van der Waals surface area contributed by atoms with Crippen molar-refractivity contribution in [3.05, 3.63) is 126 Å². The third-order valence-corrected chi connectivity index (χ3v) is 11.1. The predicted octanol–water partition coefficient (Wildman–Crippen LogP) is 9.15. The molecule has 0 bridgehead atoms. The molecule has 9 nitrogen and oxygen atoms in total. The summed E-state index contributed by atoms with van der Waals surface area (Å²) in [4.78, 5) is 39.3. The minimum Gasteiger partial charge on any atom is -0.477 e. The summed E-state index contributed by atoms with van der Waals surface area (Å²) >= 11 is 0. The molecule has 284 valence electrons. The molecule has 12 heteroatoms. The first kappa shape index (κ1) is 39.8. The van der Waals surface area contributed by atoms with Crippen molar-refractivity contribution >= 4 is 51.5 Å². The third kappa shape index (κ3) is 9.98. The zero-order chi connectivity index (χ0) is 39.0. The lowest BCUT2D eigenvalue weighted by Crippen LogP contribution is -2.42. The van der Waals surface area contributed by atoms with Crippen molar-refractivity contribution in [1.29, 1.82) is 0 Å². The molecule has 0 aliphatic heterocycles. The zero-order valence-corrected chi connectivity index (χ0v) is 31.7. The van der Waals surface area contributed by atoms with E-state index in [9.17, 15) is 27.4 Å². The van der Waals surface area contributed by atoms with Crippen molar-refractivity contribution in [2.45, 2.75) is 64.3 Å². The first-order valence-electron chi connectivity index (χ1n) is 17.9. The van der Waals surface area contributed by atoms with Gasteiger partial charge in [0, 0.05) is 29.2 Å². The number of nitrogens with zero attached hydrogens (tertiary/aromatic N) is 2. The fourth-order valence-corrected chi connectivity index (χ4v) is 7.55. The number of amides is 3. The Morgan fingerprint density at radius 3 is 2.17 bits per heavy atom. The molecule has 54 heavy (non-hydrogen) atoms. The number of carbonyl (C=O) groups is 3. The van der Waals surface area contributed by atoms with Crippen LogP contribution in [0.5, 0.6) is 0 Å². The van der Waals surface area contributed by atoms with Gasteiger partial charge in [-0.2, -0.15) is 8.78 Å². The van der Waals surface area contributed by atoms with Crippen molar-refractivity contribution in [2.75, 3.05) is 27.6 Å². The average molecular weight is 757 g/mol. The van der Waals surface area contributed by atoms with Gasteiger partial charge in [-0.05, 0) is 109 Å². The van der Waals surface area contributed by atoms with Crippen LogP contribution in [0.15, 0.2) is 114 Å². The van der Waals surface area contributed by atoms with Crippen LogP contribution in [0.3, 0.4) is 0 Å². The molecule has 2 unspecified atom stereocenters. The quantitative estimate of drug-likeness (QED) is 0.126. The molecule has 2 atom stereocenters. The van der Waals surface area contributed by atoms with Gasteiger partial charge in [-0.1, -0.05) is 75.4 Å². The van der Waals surface area contributed by atoms with E-state index in [0.29, 0.717) is 34.3 Å². The molecule has 0 heterocycles. The van der Waals surface area contributed by atoms with Gasteiger partial charge in [0.25, 0.3) is 5.91 Å². The van der Waals surface area contributed by atoms with Gasteiger partial charge in [0.1, 0.15) is 0 Å². The minimum atomic E-state index is -4.10. The van der Waals surface area contributed by atoms with E-state index in [1.165, 1.54) is 17.7 Å². The summed E-state index contributed by atoms with van der Waals surface area (Å²) in [6.45, 7) is 7.98. The number of hydrogen-bond donors (Lipinski definition) is 3. The van der Waals surface area contributed by atoms with Crippen LogP contribution in [-0.2, 0) is 22.3 Å². The Balaban J connectivity index is 1.37. The minimum absolute atomic E-state index is 0.0520. The van der Waals surface area contributed by atoms with Gasteiger partial charge < -0.3 is 15.7 Å². The van der Waals surface area contributed by atoms with Crippen LogP contribution in [0, 0.1) is 11.3 Å². The van der Waals surface area contributed by atoms with Gasteiger partial charge in [0.2, 0.25) is 0 Å². The number of alkyl halides is 2. The summed E-state index contributed by atoms with van der Waals surface area (Å²) in [5, 5.41) is 13.6. The van der Waals surface area contributed by atoms with E-state index < -0.39 is 41.4 Å². The van der Waals surface area contributed by atoms with Crippen LogP contribution >= 0.6 is 0 Å². The Kier molecular flexibility index (Phi) is 12.7. The maximum absolute atomic E-state index is 14.1. The lowest BCUT2D eigenvalue weighted by atomic mass is 9.72. The highest BCUT2D eigenvalue weighted by molar-refractivity contribution is 7.86. The molecular formula is C42H46F2N4O5S. The van der Waals surface area contributed by atoms with Crippen molar-refractivity contribution in [3.8, 4) is 0 Å². The molecule has 0 aromatic heterocycles. The highest BCUT2D eigenvalue weighted by Gasteiger charge is 2.39. The maximum atomic E-state index is 14.1. The number of urea groups is 1. The van der Waals surface area contributed by atoms with Gasteiger partial charge in [0.05, 0.1) is 18.0 Å². The van der Waals surface area contributed by atoms with E-state index in [4.69, 9.17) is 5.11 Å². The third-order valence-electron chi connectivity index (χ3n) is 9.59. The molecule has 0 fully saturated rings. The Morgan fingerprint density at radius 1 is 0.889 bits per heavy atom. The van der Waals surface area contributed by atoms with Crippen LogP contribution in [0.25, 0.3) is 5.57 Å². The molecule has 0 radical (unpaired) electrons. The number of carbonyl (C=O) groups excluding carboxylic acids is 2. The number of aliphatic carboxylic acids is 1. The molecule has 0 saturated carbocycles. The number of carboxylic acid groups (broad SMARTS) is 1. The summed E-state index contributed by atoms with van der Waals surface area (Å²) in [6.07, 6.45) is 5.40. The number of anilines is 3. The molecule has 0 spiro atoms. The van der Waals surface area contributed by atoms with Crippen LogP contribution in [0.1, 0.15) is 68.4 Å². The van der Waals surface area contributed by atoms with Gasteiger partial charge in [-0.25, -0.2) is 13.8 Å². The monoisotopic (exact) mass is 756 g/mol. The first-order chi connectivity index (χ1) is 25.7. The summed E-state index contributed by atoms with van der Waals surface area (Å²) in [5.41, 5.74) is 5.16. The van der Waals surface area contributed by atoms with E-state index in [1.54, 1.807) is 45.6 Å². The largest absolute Gasteiger partial charge is 0.477 e. The molecule has 3 amide bonds. The Hall–Kier alpha value is -5.36. The van der Waals surface area contributed by atoms with Gasteiger partial charge in [-0.15, -0.1) is 0 Å². The van der Waals surface area contributed by atoms with Crippen LogP contribution in [-0.4, -0.2) is 46.2 Å². The fourth-order valence-electron chi connectivity index (χ4n) is 6.32. The van der Waals surface area contributed by atoms with Crippen molar-refractivity contribution < 1.29 is 32.5 Å². The van der Waals surface area contributed by atoms with E-state index in [0.717, 1.165) is 30.5 Å². The molecule has 3 N–H and O–H groups in total. The summed E-state index contributed by atoms with van der Waals surface area (Å²) < 4.78 is 42.5. The second-order valence-electron chi connectivity index (χ2n) is 14.3. The standard InChI is InChI=1S/C42H46F2N4O5S/c1-5-48(36-11-7-6-8-12-36)54(53)37-13-9-10-34(26-37)46-40(52)47(27-29-14-16-32(17-15-29)38(49)45-28-42(43,44)39(50)51)35-24-20-31(21-25-35)30-18-22-33(23-19-30)41(2,3)4/h6-18,20-21,24-26,33H,5,19,22-23,27-28H2,1-4H3,(H,45,49)(H,46,52)(H,50,51). The van der Waals surface area contributed by atoms with E-state index in [2.05, 4.69) is 32.2 Å². The number of halogens is 2. The van der Waals surface area contributed by atoms with Crippen LogP contribution < -0.4 is 19.8 Å². The highest BCUT2D eigenvalue weighted by atomic mass is 32.2. The van der Waals surface area contributed by atoms with Gasteiger partial charge >= 0.3 is 17.9 Å². The van der Waals surface area contributed by atoms with Crippen molar-refractivity contribution in [3.63, 3.8) is 0 Å². The second kappa shape index (κ2) is 17.2. The average Bonchev–Trinajstić information content (AvgIpc) is 3.17. The van der Waals surface area contributed by atoms with Gasteiger partial charge in [-0.3, -0.25) is 14.0 Å². The van der Waals surface area contributed by atoms with E-state index in [-0.39, 0.29) is 17.5 Å². The summed E-state index contributed by atoms with van der Waals surface area (Å²) in [6, 6.07) is 29.7. The molecular weight excluding hydrogens is 711 g/mol. The van der Waals surface area contributed by atoms with Crippen molar-refractivity contribution in [2.24, 2.45) is 11.3 Å². The lowest BCUT2D eigenvalue weighted by Gasteiger charge is -2.33. The Bertz CT molecular complexity index is 2000. The summed E-state index contributed by atoms with van der Waals surface area (Å²) in [5.74, 6) is -6.68. The molecule has 5 rings (SSSR count). The normalized spacial score (nSPS) is 15.1. The highest BCUT2D eigenvalue weighted by Crippen LogP contribution is 2.40. The second-order valence-corrected chi connectivity index (χ2v) is 15.7. The molecule has 4 aromatic rings. The number of rotatable bonds is 13. The van der Waals surface area contributed by atoms with E-state index >= 15 is 0 Å². The molecule has 4 aromatic carbocycles. The molecule has 1 aliphatic carbocycles. The zero-order valence-electron chi connectivity index (χ0n) is 30.9. The van der Waals surface area contributed by atoms with Crippen molar-refractivity contribution in [1.82, 2.24) is 5.32 Å². The van der Waals surface area contributed by atoms with Crippen LogP contribution in [0.2, 0.25) is 0 Å². The Morgan fingerprint density at radius 2 is 1.57 bits per heavy atom. The SMILES string of the molecule is CCN(c1ccccc1)S(=O)c1cccc(NC(=O)N(Cc2ccc(C(=O)NCC(F)(F)C(=O)O)cc2)c2ccc(C3=CCC(C(C)(C)C)CC3)cc2)c1. The number of carboxylic acids is 1. The molecule has 1 aliphatic rings. The summed E-state index contributed by atoms with van der Waals surface area (Å²) in [7, 11) is -1.54. The maximum Gasteiger partial charge on any atom is 0.376 e. The fraction of sp³-hybridized carbons (Fsp3) is 0.310.